The summed E-state index contributed by atoms with van der Waals surface area (Å²) in [6.45, 7) is 5.15. The topological polar surface area (TPSA) is 47.6 Å². The molecule has 26 heavy (non-hydrogen) atoms. The van der Waals surface area contributed by atoms with Crippen LogP contribution in [-0.2, 0) is 24.1 Å². The van der Waals surface area contributed by atoms with Gasteiger partial charge in [0.15, 0.2) is 11.5 Å². The number of hydrogen-bond acceptors (Lipinski definition) is 3. The first kappa shape index (κ1) is 19.1. The van der Waals surface area contributed by atoms with E-state index in [0.29, 0.717) is 29.7 Å². The number of carbonyl (C=O) groups excluding carboxylic acids is 1. The first-order valence-electron chi connectivity index (χ1n) is 8.71. The van der Waals surface area contributed by atoms with Gasteiger partial charge in [-0.3, -0.25) is 4.79 Å². The summed E-state index contributed by atoms with van der Waals surface area (Å²) >= 11 is 9.84. The van der Waals surface area contributed by atoms with Crippen LogP contribution in [0.15, 0.2) is 28.7 Å². The van der Waals surface area contributed by atoms with Crippen molar-refractivity contribution >= 4 is 39.1 Å². The molecule has 0 atom stereocenters. The van der Waals surface area contributed by atoms with Crippen LogP contribution in [0.25, 0.3) is 0 Å². The van der Waals surface area contributed by atoms with Gasteiger partial charge in [0.1, 0.15) is 13.2 Å². The molecule has 1 N–H and O–H groups in total. The lowest BCUT2D eigenvalue weighted by Crippen LogP contribution is -2.19. The van der Waals surface area contributed by atoms with Crippen LogP contribution in [-0.4, -0.2) is 19.1 Å². The second kappa shape index (κ2) is 8.31. The van der Waals surface area contributed by atoms with Gasteiger partial charge < -0.3 is 14.8 Å². The minimum absolute atomic E-state index is 0.0888. The highest BCUT2D eigenvalue weighted by atomic mass is 79.9. The number of benzene rings is 2. The summed E-state index contributed by atoms with van der Waals surface area (Å²) in [6, 6.07) is 7.58. The number of carbonyl (C=O) groups is 1. The molecule has 0 unspecified atom stereocenters. The fraction of sp³-hybridized carbons (Fsp3) is 0.350. The lowest BCUT2D eigenvalue weighted by molar-refractivity contribution is -0.115. The summed E-state index contributed by atoms with van der Waals surface area (Å²) < 4.78 is 12.0. The number of halogens is 2. The van der Waals surface area contributed by atoms with E-state index in [4.69, 9.17) is 21.1 Å². The van der Waals surface area contributed by atoms with Gasteiger partial charge in [0, 0.05) is 15.2 Å². The third kappa shape index (κ3) is 3.99. The first-order valence-corrected chi connectivity index (χ1v) is 9.88. The van der Waals surface area contributed by atoms with Crippen molar-refractivity contribution in [2.45, 2.75) is 33.1 Å². The van der Waals surface area contributed by atoms with Crippen molar-refractivity contribution < 1.29 is 14.3 Å². The quantitative estimate of drug-likeness (QED) is 0.700. The number of aryl methyl sites for hydroxylation is 1. The second-order valence-corrected chi connectivity index (χ2v) is 7.34. The number of hydrogen-bond donors (Lipinski definition) is 1. The maximum absolute atomic E-state index is 12.7. The third-order valence-electron chi connectivity index (χ3n) is 4.40. The van der Waals surface area contributed by atoms with Gasteiger partial charge in [-0.05, 0) is 47.7 Å². The molecule has 4 nitrogen and oxygen atoms in total. The molecular formula is C20H21BrClNO3. The Labute approximate surface area is 167 Å². The molecule has 0 saturated heterocycles. The predicted octanol–water partition coefficient (Wildman–Crippen LogP) is 5.18. The predicted molar refractivity (Wildman–Crippen MR) is 108 cm³/mol. The van der Waals surface area contributed by atoms with Crippen LogP contribution >= 0.6 is 27.5 Å². The molecule has 0 fully saturated rings. The van der Waals surface area contributed by atoms with Crippen LogP contribution in [0.4, 0.5) is 5.69 Å². The van der Waals surface area contributed by atoms with Crippen LogP contribution in [0, 0.1) is 0 Å². The maximum atomic E-state index is 12.7. The van der Waals surface area contributed by atoms with Gasteiger partial charge >= 0.3 is 0 Å². The lowest BCUT2D eigenvalue weighted by atomic mass is 10.0. The summed E-state index contributed by atoms with van der Waals surface area (Å²) in [5, 5.41) is 3.74. The highest BCUT2D eigenvalue weighted by Gasteiger charge is 2.18. The number of rotatable bonds is 5. The van der Waals surface area contributed by atoms with Gasteiger partial charge in [-0.2, -0.15) is 0 Å². The van der Waals surface area contributed by atoms with Crippen molar-refractivity contribution in [3.63, 3.8) is 0 Å². The van der Waals surface area contributed by atoms with Crippen molar-refractivity contribution in [3.8, 4) is 11.5 Å². The van der Waals surface area contributed by atoms with E-state index in [0.717, 1.165) is 39.7 Å². The average molecular weight is 439 g/mol. The SMILES string of the molecule is CCc1ccc(Cl)c(CC)c1NC(=O)Cc1cc2c(cc1Br)OCCO2. The number of ether oxygens (including phenoxy) is 2. The monoisotopic (exact) mass is 437 g/mol. The molecule has 2 aromatic rings. The number of anilines is 1. The van der Waals surface area contributed by atoms with E-state index in [9.17, 15) is 4.79 Å². The number of nitrogens with one attached hydrogen (secondary N) is 1. The Hall–Kier alpha value is -1.72. The van der Waals surface area contributed by atoms with Gasteiger partial charge in [0.2, 0.25) is 5.91 Å². The number of amides is 1. The molecule has 6 heteroatoms. The van der Waals surface area contributed by atoms with Crippen LogP contribution in [0.2, 0.25) is 5.02 Å². The highest BCUT2D eigenvalue weighted by Crippen LogP contribution is 2.36. The van der Waals surface area contributed by atoms with E-state index >= 15 is 0 Å². The van der Waals surface area contributed by atoms with Gasteiger partial charge in [0.25, 0.3) is 0 Å². The van der Waals surface area contributed by atoms with E-state index in [2.05, 4.69) is 28.2 Å². The smallest absolute Gasteiger partial charge is 0.228 e. The molecule has 1 aliphatic heterocycles. The van der Waals surface area contributed by atoms with Crippen molar-refractivity contribution in [1.82, 2.24) is 0 Å². The number of fused-ring (bicyclic) bond motifs is 1. The Morgan fingerprint density at radius 1 is 1.12 bits per heavy atom. The highest BCUT2D eigenvalue weighted by molar-refractivity contribution is 9.10. The molecule has 0 bridgehead atoms. The van der Waals surface area contributed by atoms with Crippen molar-refractivity contribution in [3.05, 3.63) is 50.5 Å². The molecule has 0 radical (unpaired) electrons. The first-order chi connectivity index (χ1) is 12.5. The van der Waals surface area contributed by atoms with Gasteiger partial charge in [-0.25, -0.2) is 0 Å². The fourth-order valence-electron chi connectivity index (χ4n) is 3.07. The van der Waals surface area contributed by atoms with Crippen LogP contribution in [0.1, 0.15) is 30.5 Å². The van der Waals surface area contributed by atoms with Crippen LogP contribution in [0.3, 0.4) is 0 Å². The summed E-state index contributed by atoms with van der Waals surface area (Å²) in [5.74, 6) is 1.28. The average Bonchev–Trinajstić information content (AvgIpc) is 2.63. The van der Waals surface area contributed by atoms with Crippen LogP contribution in [0.5, 0.6) is 11.5 Å². The molecular weight excluding hydrogens is 418 g/mol. The fourth-order valence-corrected chi connectivity index (χ4v) is 3.82. The second-order valence-electron chi connectivity index (χ2n) is 6.08. The Morgan fingerprint density at radius 3 is 2.46 bits per heavy atom. The molecule has 0 aliphatic carbocycles. The summed E-state index contributed by atoms with van der Waals surface area (Å²) in [6.07, 6.45) is 1.82. The Kier molecular flexibility index (Phi) is 6.09. The molecule has 1 aliphatic rings. The standard InChI is InChI=1S/C20H21BrClNO3/c1-3-12-5-6-16(22)14(4-2)20(12)23-19(24)10-13-9-17-18(11-15(13)21)26-8-7-25-17/h5-6,9,11H,3-4,7-8,10H2,1-2H3,(H,23,24). The molecule has 138 valence electrons. The zero-order valence-corrected chi connectivity index (χ0v) is 17.2. The van der Waals surface area contributed by atoms with Crippen molar-refractivity contribution in [1.29, 1.82) is 0 Å². The minimum atomic E-state index is -0.0888. The molecule has 0 spiro atoms. The minimum Gasteiger partial charge on any atom is -0.486 e. The molecule has 3 rings (SSSR count). The van der Waals surface area contributed by atoms with Gasteiger partial charge in [0.05, 0.1) is 6.42 Å². The maximum Gasteiger partial charge on any atom is 0.228 e. The lowest BCUT2D eigenvalue weighted by Gasteiger charge is -2.20. The molecule has 1 heterocycles. The van der Waals surface area contributed by atoms with Crippen LogP contribution < -0.4 is 14.8 Å². The van der Waals surface area contributed by atoms with Gasteiger partial charge in [-0.15, -0.1) is 0 Å². The largest absolute Gasteiger partial charge is 0.486 e. The Balaban J connectivity index is 1.83. The summed E-state index contributed by atoms with van der Waals surface area (Å²) in [5.41, 5.74) is 3.74. The normalized spacial score (nSPS) is 12.8. The zero-order valence-electron chi connectivity index (χ0n) is 14.8. The molecule has 1 amide bonds. The molecule has 2 aromatic carbocycles. The summed E-state index contributed by atoms with van der Waals surface area (Å²) in [7, 11) is 0. The third-order valence-corrected chi connectivity index (χ3v) is 5.50. The van der Waals surface area contributed by atoms with E-state index in [1.165, 1.54) is 0 Å². The van der Waals surface area contributed by atoms with Crippen molar-refractivity contribution in [2.24, 2.45) is 0 Å². The Bertz CT molecular complexity index is 838. The molecule has 0 aromatic heterocycles. The van der Waals surface area contributed by atoms with Gasteiger partial charge in [-0.1, -0.05) is 47.4 Å². The molecule has 0 saturated carbocycles. The van der Waals surface area contributed by atoms with Crippen molar-refractivity contribution in [2.75, 3.05) is 18.5 Å². The summed E-state index contributed by atoms with van der Waals surface area (Å²) in [4.78, 5) is 12.7. The zero-order chi connectivity index (χ0) is 18.7. The Morgan fingerprint density at radius 2 is 1.81 bits per heavy atom. The van der Waals surface area contributed by atoms with E-state index in [1.807, 2.05) is 31.2 Å². The van der Waals surface area contributed by atoms with E-state index in [-0.39, 0.29) is 12.3 Å². The van der Waals surface area contributed by atoms with E-state index in [1.54, 1.807) is 0 Å². The van der Waals surface area contributed by atoms with E-state index < -0.39 is 0 Å².